The van der Waals surface area contributed by atoms with E-state index < -0.39 is 95.5 Å². The van der Waals surface area contributed by atoms with E-state index >= 15 is 0 Å². The summed E-state index contributed by atoms with van der Waals surface area (Å²) in [6.07, 6.45) is 3.43. The molecule has 7 rings (SSSR count). The number of aliphatic imine (C=N–C) groups is 1. The number of guanidine groups is 1. The van der Waals surface area contributed by atoms with E-state index in [2.05, 4.69) is 52.2 Å². The quantitative estimate of drug-likeness (QED) is 0.0489. The van der Waals surface area contributed by atoms with Crippen LogP contribution in [0.25, 0.3) is 16.7 Å². The average Bonchev–Trinajstić information content (AvgIpc) is 4.00. The molecule has 0 spiro atoms. The van der Waals surface area contributed by atoms with Crippen molar-refractivity contribution >= 4 is 64.2 Å². The van der Waals surface area contributed by atoms with Gasteiger partial charge in [0, 0.05) is 54.4 Å². The molecule has 22 heteroatoms. The number of nitrogens with zero attached hydrogens (tertiary/aromatic N) is 3. The molecule has 8 atom stereocenters. The van der Waals surface area contributed by atoms with Crippen LogP contribution in [0.15, 0.2) is 35.7 Å². The fourth-order valence-corrected chi connectivity index (χ4v) is 8.98. The molecule has 362 valence electrons. The molecule has 13 N–H and O–H groups in total. The Bertz CT molecular complexity index is 2420. The number of rotatable bonds is 11. The summed E-state index contributed by atoms with van der Waals surface area (Å²) >= 11 is 0. The van der Waals surface area contributed by atoms with Crippen molar-refractivity contribution in [3.8, 4) is 5.82 Å². The summed E-state index contributed by atoms with van der Waals surface area (Å²) in [5, 5.41) is 30.3. The van der Waals surface area contributed by atoms with Crippen LogP contribution in [0.2, 0.25) is 0 Å². The zero-order valence-corrected chi connectivity index (χ0v) is 38.6. The van der Waals surface area contributed by atoms with Crippen molar-refractivity contribution in [1.82, 2.24) is 51.8 Å². The number of benzene rings is 1. The van der Waals surface area contributed by atoms with E-state index in [1.807, 2.05) is 45.9 Å². The highest BCUT2D eigenvalue weighted by Gasteiger charge is 2.40. The molecule has 0 aliphatic carbocycles. The van der Waals surface area contributed by atoms with Gasteiger partial charge in [-0.15, -0.1) is 0 Å². The van der Waals surface area contributed by atoms with E-state index in [0.717, 1.165) is 0 Å². The van der Waals surface area contributed by atoms with Gasteiger partial charge in [-0.25, -0.2) is 9.78 Å². The topological polar surface area (TPSA) is 339 Å². The molecule has 2 aromatic heterocycles. The Balaban J connectivity index is 1.55. The summed E-state index contributed by atoms with van der Waals surface area (Å²) < 4.78 is 1.62. The standard InChI is InChI=1S/C45H63N13O9/c1-20(2)14-30-41(63)56-35(22(5)6)42(64)54-31-17-26-25-10-9-23(34(21(3)4)36(43(65)53-30)57-39(61)28-11-12-33(59)50-28)15-29(25)51-37(26)58-18-24(49-19-58)16-32(44(66)67)55-38(60)27(52-40(31)62)8-7-13-48-45(46)47/h9-10,15,18-22,27-28,30-32,34-36,51H,7-8,11-14,16-17H2,1-6H3,(H,50,59)(H,52,62)(H,53,65)(H,54,64)(H,55,60)(H,56,63)(H,57,61)(H,66,67)(H4,46,47,48)/t27-,28-,30-,31-,32-,34+,35-,36-/m0/s1. The summed E-state index contributed by atoms with van der Waals surface area (Å²) in [6, 6.07) is -3.23. The van der Waals surface area contributed by atoms with Gasteiger partial charge in [-0.05, 0) is 55.1 Å². The first-order valence-corrected chi connectivity index (χ1v) is 22.8. The van der Waals surface area contributed by atoms with Crippen molar-refractivity contribution in [1.29, 1.82) is 0 Å². The van der Waals surface area contributed by atoms with Crippen LogP contribution in [0.3, 0.4) is 0 Å². The van der Waals surface area contributed by atoms with Gasteiger partial charge in [0.05, 0.1) is 5.69 Å². The second-order valence-corrected chi connectivity index (χ2v) is 18.7. The first-order chi connectivity index (χ1) is 31.7. The third-order valence-electron chi connectivity index (χ3n) is 12.4. The second kappa shape index (κ2) is 21.1. The first-order valence-electron chi connectivity index (χ1n) is 22.8. The number of nitrogens with one attached hydrogen (secondary N) is 8. The monoisotopic (exact) mass is 929 g/mol. The number of nitrogens with two attached hydrogens (primary N) is 2. The molecule has 67 heavy (non-hydrogen) atoms. The lowest BCUT2D eigenvalue weighted by Gasteiger charge is -2.33. The van der Waals surface area contributed by atoms with Gasteiger partial charge in [-0.1, -0.05) is 53.7 Å². The van der Waals surface area contributed by atoms with Crippen LogP contribution in [0.1, 0.15) is 96.4 Å². The molecule has 4 aliphatic rings. The number of carbonyl (C=O) groups excluding carboxylic acids is 7. The Labute approximate surface area is 387 Å². The predicted molar refractivity (Wildman–Crippen MR) is 245 cm³/mol. The number of aromatic nitrogens is 3. The average molecular weight is 930 g/mol. The molecule has 1 aromatic carbocycles. The number of fused-ring (bicyclic) bond motifs is 13. The SMILES string of the molecule is CC(C)C[C@@H]1NC(=O)[C@@H](NC(=O)[C@@H]2CCC(=O)N2)[C@H](C(C)C)c2ccc3c4c([nH]c3c2)-n2cnc(c2)C[C@@H](C(=O)O)NC(=O)[C@H](CCCN=C(N)N)NC(=O)[C@H](C4)NC(=O)[C@H](C(C)C)NC1=O. The van der Waals surface area contributed by atoms with Crippen LogP contribution in [0, 0.1) is 17.8 Å². The maximum absolute atomic E-state index is 14.7. The van der Waals surface area contributed by atoms with E-state index in [0.29, 0.717) is 33.5 Å². The Morgan fingerprint density at radius 2 is 1.57 bits per heavy atom. The van der Waals surface area contributed by atoms with E-state index in [-0.39, 0.29) is 75.2 Å². The summed E-state index contributed by atoms with van der Waals surface area (Å²) in [5.74, 6) is -7.25. The first kappa shape index (κ1) is 49.4. The predicted octanol–water partition coefficient (Wildman–Crippen LogP) is -0.767. The molecule has 3 aromatic rings. The molecule has 0 unspecified atom stereocenters. The number of amides is 7. The number of hydrogen-bond acceptors (Lipinski definition) is 10. The highest BCUT2D eigenvalue weighted by atomic mass is 16.4. The normalized spacial score (nSPS) is 25.3. The molecule has 0 saturated carbocycles. The van der Waals surface area contributed by atoms with Crippen molar-refractivity contribution in [2.45, 2.75) is 135 Å². The Hall–Kier alpha value is -7.00. The number of carbonyl (C=O) groups is 8. The van der Waals surface area contributed by atoms with Gasteiger partial charge < -0.3 is 58.8 Å². The summed E-state index contributed by atoms with van der Waals surface area (Å²) in [4.78, 5) is 123. The van der Waals surface area contributed by atoms with Crippen molar-refractivity contribution in [2.24, 2.45) is 34.2 Å². The third-order valence-corrected chi connectivity index (χ3v) is 12.4. The number of hydrogen-bond donors (Lipinski definition) is 11. The lowest BCUT2D eigenvalue weighted by atomic mass is 9.81. The minimum absolute atomic E-state index is 0.0154. The van der Waals surface area contributed by atoms with Gasteiger partial charge in [0.15, 0.2) is 5.96 Å². The molecule has 6 heterocycles. The molecule has 7 bridgehead atoms. The van der Waals surface area contributed by atoms with Crippen LogP contribution >= 0.6 is 0 Å². The number of aliphatic carboxylic acids is 1. The summed E-state index contributed by atoms with van der Waals surface area (Å²) in [7, 11) is 0. The van der Waals surface area contributed by atoms with E-state index in [1.165, 1.54) is 6.33 Å². The number of aromatic amines is 1. The smallest absolute Gasteiger partial charge is 0.326 e. The number of H-pyrrole nitrogens is 1. The molecule has 0 radical (unpaired) electrons. The summed E-state index contributed by atoms with van der Waals surface area (Å²) in [5.41, 5.74) is 13.0. The highest BCUT2D eigenvalue weighted by molar-refractivity contribution is 5.99. The highest BCUT2D eigenvalue weighted by Crippen LogP contribution is 2.35. The van der Waals surface area contributed by atoms with Crippen molar-refractivity contribution in [3.63, 3.8) is 0 Å². The second-order valence-electron chi connectivity index (χ2n) is 18.7. The lowest BCUT2D eigenvalue weighted by molar-refractivity contribution is -0.142. The Kier molecular flexibility index (Phi) is 15.6. The molecular formula is C45H63N13O9. The van der Waals surface area contributed by atoms with Crippen molar-refractivity contribution in [2.75, 3.05) is 6.54 Å². The zero-order valence-electron chi connectivity index (χ0n) is 38.6. The van der Waals surface area contributed by atoms with Gasteiger partial charge >= 0.3 is 5.97 Å². The van der Waals surface area contributed by atoms with E-state index in [9.17, 15) is 43.5 Å². The van der Waals surface area contributed by atoms with Crippen LogP contribution < -0.4 is 48.7 Å². The van der Waals surface area contributed by atoms with Gasteiger partial charge in [-0.2, -0.15) is 0 Å². The largest absolute Gasteiger partial charge is 0.480 e. The number of imidazole rings is 1. The molecule has 7 amide bonds. The van der Waals surface area contributed by atoms with Gasteiger partial charge in [-0.3, -0.25) is 43.1 Å². The van der Waals surface area contributed by atoms with Crippen LogP contribution in [-0.2, 0) is 51.2 Å². The lowest BCUT2D eigenvalue weighted by Crippen LogP contribution is -2.61. The number of carboxylic acids is 1. The van der Waals surface area contributed by atoms with Crippen molar-refractivity contribution in [3.05, 3.63) is 47.5 Å². The zero-order chi connectivity index (χ0) is 48.9. The fourth-order valence-electron chi connectivity index (χ4n) is 8.98. The van der Waals surface area contributed by atoms with Gasteiger partial charge in [0.2, 0.25) is 41.4 Å². The molecular weight excluding hydrogens is 867 g/mol. The maximum Gasteiger partial charge on any atom is 0.326 e. The molecule has 1 fully saturated rings. The van der Waals surface area contributed by atoms with Gasteiger partial charge in [0.1, 0.15) is 54.4 Å². The third kappa shape index (κ3) is 11.9. The minimum Gasteiger partial charge on any atom is -0.480 e. The Morgan fingerprint density at radius 3 is 2.21 bits per heavy atom. The van der Waals surface area contributed by atoms with Crippen LogP contribution in [-0.4, -0.2) is 122 Å². The maximum atomic E-state index is 14.7. The molecule has 1 saturated heterocycles. The van der Waals surface area contributed by atoms with Crippen LogP contribution in [0.4, 0.5) is 0 Å². The van der Waals surface area contributed by atoms with E-state index in [4.69, 9.17) is 11.5 Å². The number of carboxylic acid groups (broad SMARTS) is 1. The minimum atomic E-state index is -1.45. The van der Waals surface area contributed by atoms with Crippen LogP contribution in [0.5, 0.6) is 0 Å². The molecule has 4 aliphatic heterocycles. The Morgan fingerprint density at radius 1 is 0.851 bits per heavy atom. The fraction of sp³-hybridized carbons (Fsp3) is 0.556. The van der Waals surface area contributed by atoms with Crippen molar-refractivity contribution < 1.29 is 43.5 Å². The molecule has 22 nitrogen and oxygen atoms in total. The summed E-state index contributed by atoms with van der Waals surface area (Å²) in [6.45, 7) is 11.0. The van der Waals surface area contributed by atoms with Gasteiger partial charge in [0.25, 0.3) is 0 Å². The van der Waals surface area contributed by atoms with E-state index in [1.54, 1.807) is 24.6 Å².